The molecular formula is C15H17BrN2O3. The third kappa shape index (κ3) is 4.32. The van der Waals surface area contributed by atoms with Crippen molar-refractivity contribution < 1.29 is 9.53 Å². The van der Waals surface area contributed by atoms with Crippen LogP contribution in [0.1, 0.15) is 26.5 Å². The molecule has 0 atom stereocenters. The number of fused-ring (bicyclic) bond motifs is 1. The van der Waals surface area contributed by atoms with Crippen LogP contribution in [0.4, 0.5) is 4.79 Å². The fraction of sp³-hybridized carbons (Fsp3) is 0.333. The van der Waals surface area contributed by atoms with E-state index in [9.17, 15) is 9.59 Å². The average molecular weight is 353 g/mol. The van der Waals surface area contributed by atoms with Gasteiger partial charge in [-0.1, -0.05) is 15.9 Å². The van der Waals surface area contributed by atoms with E-state index in [0.29, 0.717) is 11.1 Å². The van der Waals surface area contributed by atoms with Crippen LogP contribution in [-0.4, -0.2) is 16.7 Å². The molecule has 0 aliphatic rings. The maximum Gasteiger partial charge on any atom is 0.407 e. The highest BCUT2D eigenvalue weighted by Gasteiger charge is 2.15. The summed E-state index contributed by atoms with van der Waals surface area (Å²) in [6.45, 7) is 5.58. The molecule has 1 heterocycles. The first kappa shape index (κ1) is 15.6. The molecule has 2 aromatic rings. The number of amides is 1. The Bertz CT molecular complexity index is 732. The van der Waals surface area contributed by atoms with Crippen LogP contribution in [0.25, 0.3) is 10.8 Å². The number of benzene rings is 1. The van der Waals surface area contributed by atoms with Crippen LogP contribution < -0.4 is 10.9 Å². The van der Waals surface area contributed by atoms with Crippen LogP contribution in [0.2, 0.25) is 0 Å². The fourth-order valence-electron chi connectivity index (χ4n) is 1.87. The number of ether oxygens (including phenoxy) is 1. The Morgan fingerprint density at radius 2 is 2.05 bits per heavy atom. The van der Waals surface area contributed by atoms with Crippen molar-refractivity contribution in [2.24, 2.45) is 0 Å². The quantitative estimate of drug-likeness (QED) is 0.870. The minimum Gasteiger partial charge on any atom is -0.444 e. The van der Waals surface area contributed by atoms with Crippen molar-refractivity contribution in [1.82, 2.24) is 10.3 Å². The third-order valence-electron chi connectivity index (χ3n) is 2.68. The van der Waals surface area contributed by atoms with Gasteiger partial charge < -0.3 is 15.0 Å². The van der Waals surface area contributed by atoms with E-state index in [0.717, 1.165) is 9.86 Å². The van der Waals surface area contributed by atoms with E-state index in [1.165, 1.54) is 0 Å². The maximum atomic E-state index is 12.0. The summed E-state index contributed by atoms with van der Waals surface area (Å²) >= 11 is 3.37. The van der Waals surface area contributed by atoms with Gasteiger partial charge in [0.05, 0.1) is 6.54 Å². The molecule has 6 heteroatoms. The number of hydrogen-bond acceptors (Lipinski definition) is 3. The SMILES string of the molecule is CC(C)(C)OC(=O)NCc1cc2cc(Br)ccc2c(=O)[nH]1. The molecule has 0 unspecified atom stereocenters. The zero-order valence-electron chi connectivity index (χ0n) is 12.1. The van der Waals surface area contributed by atoms with Gasteiger partial charge >= 0.3 is 6.09 Å². The van der Waals surface area contributed by atoms with Crippen LogP contribution in [0.15, 0.2) is 33.5 Å². The van der Waals surface area contributed by atoms with Gasteiger partial charge in [0.2, 0.25) is 0 Å². The van der Waals surface area contributed by atoms with Crippen molar-refractivity contribution in [3.8, 4) is 0 Å². The molecule has 5 nitrogen and oxygen atoms in total. The summed E-state index contributed by atoms with van der Waals surface area (Å²) in [7, 11) is 0. The first-order valence-corrected chi connectivity index (χ1v) is 7.32. The minimum absolute atomic E-state index is 0.180. The highest BCUT2D eigenvalue weighted by atomic mass is 79.9. The van der Waals surface area contributed by atoms with Crippen LogP contribution >= 0.6 is 15.9 Å². The number of aromatic nitrogens is 1. The summed E-state index contributed by atoms with van der Waals surface area (Å²) in [5.74, 6) is 0. The number of halogens is 1. The van der Waals surface area contributed by atoms with Crippen molar-refractivity contribution in [2.45, 2.75) is 32.9 Å². The topological polar surface area (TPSA) is 71.2 Å². The Morgan fingerprint density at radius 3 is 2.71 bits per heavy atom. The molecule has 0 bridgehead atoms. The first-order valence-electron chi connectivity index (χ1n) is 6.53. The van der Waals surface area contributed by atoms with Crippen molar-refractivity contribution in [1.29, 1.82) is 0 Å². The van der Waals surface area contributed by atoms with Crippen molar-refractivity contribution in [3.63, 3.8) is 0 Å². The van der Waals surface area contributed by atoms with Crippen molar-refractivity contribution in [2.75, 3.05) is 0 Å². The standard InChI is InChI=1S/C15H17BrN2O3/c1-15(2,3)21-14(20)17-8-11-7-9-6-10(16)4-5-12(9)13(19)18-11/h4-7H,8H2,1-3H3,(H,17,20)(H,18,19). The monoisotopic (exact) mass is 352 g/mol. The van der Waals surface area contributed by atoms with Crippen LogP contribution in [0.3, 0.4) is 0 Å². The Kier molecular flexibility index (Phi) is 4.37. The Morgan fingerprint density at radius 1 is 1.33 bits per heavy atom. The Labute approximate surface area is 130 Å². The molecule has 2 rings (SSSR count). The van der Waals surface area contributed by atoms with Gasteiger partial charge in [-0.2, -0.15) is 0 Å². The molecule has 0 aliphatic heterocycles. The molecule has 112 valence electrons. The van der Waals surface area contributed by atoms with Crippen LogP contribution in [0, 0.1) is 0 Å². The normalized spacial score (nSPS) is 11.4. The lowest BCUT2D eigenvalue weighted by Gasteiger charge is -2.19. The minimum atomic E-state index is -0.550. The summed E-state index contributed by atoms with van der Waals surface area (Å²) in [6, 6.07) is 7.26. The predicted molar refractivity (Wildman–Crippen MR) is 85.3 cm³/mol. The maximum absolute atomic E-state index is 12.0. The highest BCUT2D eigenvalue weighted by Crippen LogP contribution is 2.17. The Hall–Kier alpha value is -1.82. The second kappa shape index (κ2) is 5.89. The van der Waals surface area contributed by atoms with E-state index >= 15 is 0 Å². The fourth-order valence-corrected chi connectivity index (χ4v) is 2.25. The van der Waals surface area contributed by atoms with Crippen LogP contribution in [0.5, 0.6) is 0 Å². The predicted octanol–water partition coefficient (Wildman–Crippen LogP) is 3.32. The molecule has 0 saturated carbocycles. The summed E-state index contributed by atoms with van der Waals surface area (Å²) in [5.41, 5.74) is -0.108. The number of carbonyl (C=O) groups excluding carboxylic acids is 1. The van der Waals surface area contributed by atoms with E-state index in [4.69, 9.17) is 4.74 Å². The van der Waals surface area contributed by atoms with Gasteiger partial charge in [-0.15, -0.1) is 0 Å². The summed E-state index contributed by atoms with van der Waals surface area (Å²) in [4.78, 5) is 26.3. The van der Waals surface area contributed by atoms with E-state index in [1.807, 2.05) is 18.2 Å². The van der Waals surface area contributed by atoms with Gasteiger partial charge in [-0.3, -0.25) is 4.79 Å². The number of nitrogens with one attached hydrogen (secondary N) is 2. The summed E-state index contributed by atoms with van der Waals surface area (Å²) < 4.78 is 6.04. The van der Waals surface area contributed by atoms with E-state index in [1.54, 1.807) is 26.8 Å². The van der Waals surface area contributed by atoms with E-state index < -0.39 is 11.7 Å². The van der Waals surface area contributed by atoms with Gasteiger partial charge in [0, 0.05) is 15.6 Å². The number of aromatic amines is 1. The molecule has 0 saturated heterocycles. The molecule has 1 aromatic heterocycles. The molecule has 21 heavy (non-hydrogen) atoms. The number of pyridine rings is 1. The lowest BCUT2D eigenvalue weighted by atomic mass is 10.1. The number of hydrogen-bond donors (Lipinski definition) is 2. The number of rotatable bonds is 2. The molecular weight excluding hydrogens is 336 g/mol. The van der Waals surface area contributed by atoms with Gasteiger partial charge in [0.1, 0.15) is 5.60 Å². The second-order valence-electron chi connectivity index (χ2n) is 5.71. The molecule has 1 aromatic carbocycles. The van der Waals surface area contributed by atoms with E-state index in [-0.39, 0.29) is 12.1 Å². The first-order chi connectivity index (χ1) is 9.74. The van der Waals surface area contributed by atoms with Gasteiger partial charge in [0.25, 0.3) is 5.56 Å². The zero-order valence-corrected chi connectivity index (χ0v) is 13.7. The zero-order chi connectivity index (χ0) is 15.6. The molecule has 2 N–H and O–H groups in total. The van der Waals surface area contributed by atoms with Gasteiger partial charge in [-0.05, 0) is 50.4 Å². The Balaban J connectivity index is 2.16. The lowest BCUT2D eigenvalue weighted by Crippen LogP contribution is -2.32. The lowest BCUT2D eigenvalue weighted by molar-refractivity contribution is 0.0523. The molecule has 0 spiro atoms. The average Bonchev–Trinajstić information content (AvgIpc) is 2.33. The van der Waals surface area contributed by atoms with Crippen molar-refractivity contribution in [3.05, 3.63) is 44.8 Å². The molecule has 0 aliphatic carbocycles. The third-order valence-corrected chi connectivity index (χ3v) is 3.18. The molecule has 0 fully saturated rings. The van der Waals surface area contributed by atoms with E-state index in [2.05, 4.69) is 26.2 Å². The molecule has 0 radical (unpaired) electrons. The summed E-state index contributed by atoms with van der Waals surface area (Å²) in [6.07, 6.45) is -0.516. The number of carbonyl (C=O) groups is 1. The number of alkyl carbamates (subject to hydrolysis) is 1. The smallest absolute Gasteiger partial charge is 0.407 e. The highest BCUT2D eigenvalue weighted by molar-refractivity contribution is 9.10. The largest absolute Gasteiger partial charge is 0.444 e. The second-order valence-corrected chi connectivity index (χ2v) is 6.63. The van der Waals surface area contributed by atoms with Gasteiger partial charge in [0.15, 0.2) is 0 Å². The van der Waals surface area contributed by atoms with Gasteiger partial charge in [-0.25, -0.2) is 4.79 Å². The van der Waals surface area contributed by atoms with Crippen molar-refractivity contribution >= 4 is 32.8 Å². The summed E-state index contributed by atoms with van der Waals surface area (Å²) in [5, 5.41) is 4.04. The van der Waals surface area contributed by atoms with Crippen LogP contribution in [-0.2, 0) is 11.3 Å². The number of H-pyrrole nitrogens is 1. The molecule has 1 amide bonds.